The fraction of sp³-hybridized carbons (Fsp3) is 0. The first-order valence-electron chi connectivity index (χ1n) is 5.59. The van der Waals surface area contributed by atoms with Gasteiger partial charge in [0.05, 0.1) is 4.92 Å². The Balaban J connectivity index is 2.03. The number of nitrogens with two attached hydrogens (primary N) is 1. The first-order chi connectivity index (χ1) is 9.16. The second-order valence-corrected chi connectivity index (χ2v) is 4.75. The fourth-order valence-corrected chi connectivity index (χ4v) is 2.21. The van der Waals surface area contributed by atoms with Gasteiger partial charge in [-0.1, -0.05) is 23.9 Å². The van der Waals surface area contributed by atoms with Crippen LogP contribution in [-0.4, -0.2) is 4.92 Å². The highest BCUT2D eigenvalue weighted by Crippen LogP contribution is 2.26. The van der Waals surface area contributed by atoms with E-state index in [1.165, 1.54) is 23.9 Å². The Bertz CT molecular complexity index is 609. The van der Waals surface area contributed by atoms with E-state index in [1.807, 2.05) is 35.7 Å². The van der Waals surface area contributed by atoms with E-state index in [0.29, 0.717) is 0 Å². The van der Waals surface area contributed by atoms with Crippen molar-refractivity contribution in [3.05, 3.63) is 69.6 Å². The molecule has 5 heteroatoms. The molecule has 0 aliphatic rings. The van der Waals surface area contributed by atoms with Crippen LogP contribution in [0.15, 0.2) is 58.8 Å². The van der Waals surface area contributed by atoms with Crippen molar-refractivity contribution in [2.45, 2.75) is 4.90 Å². The molecule has 2 aromatic rings. The van der Waals surface area contributed by atoms with Crippen LogP contribution >= 0.6 is 11.8 Å². The second-order valence-electron chi connectivity index (χ2n) is 3.81. The zero-order valence-corrected chi connectivity index (χ0v) is 10.8. The topological polar surface area (TPSA) is 69.2 Å². The third-order valence-corrected chi connectivity index (χ3v) is 3.38. The summed E-state index contributed by atoms with van der Waals surface area (Å²) in [5.41, 5.74) is 7.56. The normalized spacial score (nSPS) is 10.7. The zero-order chi connectivity index (χ0) is 13.7. The summed E-state index contributed by atoms with van der Waals surface area (Å²) in [5.74, 6) is 0. The summed E-state index contributed by atoms with van der Waals surface area (Å²) in [6.45, 7) is 0. The van der Waals surface area contributed by atoms with Gasteiger partial charge in [-0.05, 0) is 41.3 Å². The number of non-ortho nitro benzene ring substituents is 1. The molecule has 2 rings (SSSR count). The Morgan fingerprint density at radius 1 is 1.11 bits per heavy atom. The van der Waals surface area contributed by atoms with Crippen LogP contribution in [-0.2, 0) is 0 Å². The highest BCUT2D eigenvalue weighted by Gasteiger charge is 2.02. The minimum Gasteiger partial charge on any atom is -0.398 e. The molecule has 0 heterocycles. The Kier molecular flexibility index (Phi) is 4.20. The van der Waals surface area contributed by atoms with Crippen LogP contribution in [0.3, 0.4) is 0 Å². The summed E-state index contributed by atoms with van der Waals surface area (Å²) < 4.78 is 0. The Morgan fingerprint density at radius 3 is 2.42 bits per heavy atom. The molecule has 0 bridgehead atoms. The Labute approximate surface area is 115 Å². The van der Waals surface area contributed by atoms with E-state index in [4.69, 9.17) is 5.73 Å². The molecule has 0 fully saturated rings. The molecule has 0 saturated heterocycles. The largest absolute Gasteiger partial charge is 0.398 e. The van der Waals surface area contributed by atoms with E-state index < -0.39 is 4.92 Å². The zero-order valence-electron chi connectivity index (χ0n) is 10.0. The summed E-state index contributed by atoms with van der Waals surface area (Å²) in [4.78, 5) is 11.1. The monoisotopic (exact) mass is 272 g/mol. The number of para-hydroxylation sites is 1. The van der Waals surface area contributed by atoms with Crippen molar-refractivity contribution >= 4 is 29.2 Å². The van der Waals surface area contributed by atoms with Crippen molar-refractivity contribution in [1.82, 2.24) is 0 Å². The standard InChI is InChI=1S/C14H12N2O2S/c15-13-3-1-2-4-14(13)19-10-9-11-5-7-12(8-6-11)16(17)18/h1-10H,15H2/b10-9-. The van der Waals surface area contributed by atoms with Gasteiger partial charge in [0, 0.05) is 22.7 Å². The summed E-state index contributed by atoms with van der Waals surface area (Å²) in [6.07, 6.45) is 1.89. The third kappa shape index (κ3) is 3.59. The number of anilines is 1. The molecule has 0 aromatic heterocycles. The molecule has 0 spiro atoms. The Hall–Kier alpha value is -2.27. The Morgan fingerprint density at radius 2 is 1.79 bits per heavy atom. The van der Waals surface area contributed by atoms with Gasteiger partial charge in [-0.25, -0.2) is 0 Å². The maximum atomic E-state index is 10.5. The van der Waals surface area contributed by atoms with E-state index in [2.05, 4.69) is 0 Å². The van der Waals surface area contributed by atoms with E-state index >= 15 is 0 Å². The lowest BCUT2D eigenvalue weighted by molar-refractivity contribution is -0.384. The number of nitro groups is 1. The molecule has 0 aliphatic heterocycles. The van der Waals surface area contributed by atoms with Gasteiger partial charge >= 0.3 is 0 Å². The number of nitro benzene ring substituents is 1. The smallest absolute Gasteiger partial charge is 0.269 e. The van der Waals surface area contributed by atoms with Gasteiger partial charge in [0.1, 0.15) is 0 Å². The summed E-state index contributed by atoms with van der Waals surface area (Å²) in [5, 5.41) is 12.4. The minimum atomic E-state index is -0.410. The van der Waals surface area contributed by atoms with Crippen molar-refractivity contribution in [3.63, 3.8) is 0 Å². The van der Waals surface area contributed by atoms with Crippen LogP contribution < -0.4 is 5.73 Å². The van der Waals surface area contributed by atoms with Gasteiger partial charge in [0.15, 0.2) is 0 Å². The van der Waals surface area contributed by atoms with Crippen molar-refractivity contribution in [1.29, 1.82) is 0 Å². The van der Waals surface area contributed by atoms with Crippen LogP contribution in [0.1, 0.15) is 5.56 Å². The molecular formula is C14H12N2O2S. The number of nitrogen functional groups attached to an aromatic ring is 1. The maximum absolute atomic E-state index is 10.5. The van der Waals surface area contributed by atoms with Gasteiger partial charge in [-0.2, -0.15) is 0 Å². The molecular weight excluding hydrogens is 260 g/mol. The quantitative estimate of drug-likeness (QED) is 0.396. The lowest BCUT2D eigenvalue weighted by atomic mass is 10.2. The molecule has 0 aliphatic carbocycles. The van der Waals surface area contributed by atoms with Crippen LogP contribution in [0.4, 0.5) is 11.4 Å². The lowest BCUT2D eigenvalue weighted by Crippen LogP contribution is -1.86. The van der Waals surface area contributed by atoms with E-state index in [0.717, 1.165) is 16.1 Å². The van der Waals surface area contributed by atoms with Gasteiger partial charge < -0.3 is 5.73 Å². The number of thioether (sulfide) groups is 1. The third-order valence-electron chi connectivity index (χ3n) is 2.48. The molecule has 0 atom stereocenters. The average molecular weight is 272 g/mol. The van der Waals surface area contributed by atoms with Crippen LogP contribution in [0, 0.1) is 10.1 Å². The average Bonchev–Trinajstić information content (AvgIpc) is 2.41. The molecule has 96 valence electrons. The van der Waals surface area contributed by atoms with Gasteiger partial charge in [0.25, 0.3) is 5.69 Å². The van der Waals surface area contributed by atoms with Crippen LogP contribution in [0.5, 0.6) is 0 Å². The lowest BCUT2D eigenvalue weighted by Gasteiger charge is -2.00. The molecule has 0 unspecified atom stereocenters. The van der Waals surface area contributed by atoms with Crippen LogP contribution in [0.25, 0.3) is 6.08 Å². The number of hydrogen-bond donors (Lipinski definition) is 1. The van der Waals surface area contributed by atoms with Crippen LogP contribution in [0.2, 0.25) is 0 Å². The predicted molar refractivity (Wildman–Crippen MR) is 78.8 cm³/mol. The van der Waals surface area contributed by atoms with Crippen molar-refractivity contribution in [3.8, 4) is 0 Å². The van der Waals surface area contributed by atoms with E-state index in [1.54, 1.807) is 12.1 Å². The maximum Gasteiger partial charge on any atom is 0.269 e. The predicted octanol–water partition coefficient (Wildman–Crippen LogP) is 3.94. The first-order valence-corrected chi connectivity index (χ1v) is 6.47. The highest BCUT2D eigenvalue weighted by atomic mass is 32.2. The van der Waals surface area contributed by atoms with Crippen molar-refractivity contribution < 1.29 is 4.92 Å². The van der Waals surface area contributed by atoms with Crippen molar-refractivity contribution in [2.24, 2.45) is 0 Å². The van der Waals surface area contributed by atoms with Crippen molar-refractivity contribution in [2.75, 3.05) is 5.73 Å². The van der Waals surface area contributed by atoms with E-state index in [9.17, 15) is 10.1 Å². The van der Waals surface area contributed by atoms with Gasteiger partial charge in [0.2, 0.25) is 0 Å². The van der Waals surface area contributed by atoms with Gasteiger partial charge in [-0.3, -0.25) is 10.1 Å². The number of nitrogens with zero attached hydrogens (tertiary/aromatic N) is 1. The minimum absolute atomic E-state index is 0.0945. The number of rotatable bonds is 4. The first kappa shape index (κ1) is 13.2. The summed E-state index contributed by atoms with van der Waals surface area (Å²) in [6, 6.07) is 14.0. The fourth-order valence-electron chi connectivity index (χ4n) is 1.48. The SMILES string of the molecule is Nc1ccccc1S/C=C\c1ccc([N+](=O)[O-])cc1. The molecule has 0 amide bonds. The van der Waals surface area contributed by atoms with Gasteiger partial charge in [-0.15, -0.1) is 0 Å². The number of hydrogen-bond acceptors (Lipinski definition) is 4. The summed E-state index contributed by atoms with van der Waals surface area (Å²) in [7, 11) is 0. The second kappa shape index (κ2) is 6.06. The molecule has 19 heavy (non-hydrogen) atoms. The molecule has 0 radical (unpaired) electrons. The molecule has 2 N–H and O–H groups in total. The molecule has 4 nitrogen and oxygen atoms in total. The summed E-state index contributed by atoms with van der Waals surface area (Å²) >= 11 is 1.51. The molecule has 2 aromatic carbocycles. The van der Waals surface area contributed by atoms with E-state index in [-0.39, 0.29) is 5.69 Å². The highest BCUT2D eigenvalue weighted by molar-refractivity contribution is 8.02. The molecule has 0 saturated carbocycles. The number of benzene rings is 2.